The van der Waals surface area contributed by atoms with E-state index in [-0.39, 0.29) is 17.4 Å². The number of nitrogens with one attached hydrogen (secondary N) is 1. The van der Waals surface area contributed by atoms with Gasteiger partial charge in [0.05, 0.1) is 5.56 Å². The van der Waals surface area contributed by atoms with Gasteiger partial charge in [0.25, 0.3) is 5.91 Å². The minimum atomic E-state index is -0.744. The molecule has 1 saturated heterocycles. The quantitative estimate of drug-likeness (QED) is 0.584. The highest BCUT2D eigenvalue weighted by atomic mass is 32.1. The van der Waals surface area contributed by atoms with Gasteiger partial charge >= 0.3 is 6.03 Å². The molecule has 9 heteroatoms. The number of amides is 4. The lowest BCUT2D eigenvalue weighted by Crippen LogP contribution is -2.38. The molecule has 0 atom stereocenters. The second-order valence-electron chi connectivity index (χ2n) is 6.86. The van der Waals surface area contributed by atoms with E-state index in [1.165, 1.54) is 11.3 Å². The molecule has 0 unspecified atom stereocenters. The Morgan fingerprint density at radius 2 is 1.71 bits per heavy atom. The molecule has 0 spiro atoms. The van der Waals surface area contributed by atoms with E-state index in [0.717, 1.165) is 48.5 Å². The highest BCUT2D eigenvalue weighted by Crippen LogP contribution is 2.35. The molecule has 1 aromatic carbocycles. The van der Waals surface area contributed by atoms with Gasteiger partial charge in [0, 0.05) is 17.3 Å². The molecule has 8 nitrogen and oxygen atoms in total. The number of piperidine rings is 1. The molecule has 7 N–H and O–H groups in total. The monoisotopic (exact) mass is 401 g/mol. The van der Waals surface area contributed by atoms with Crippen molar-refractivity contribution in [3.8, 4) is 10.4 Å². The van der Waals surface area contributed by atoms with Crippen LogP contribution in [0.25, 0.3) is 10.4 Å². The first-order valence-electron chi connectivity index (χ1n) is 8.94. The van der Waals surface area contributed by atoms with Gasteiger partial charge in [0.1, 0.15) is 5.00 Å². The molecule has 4 amide bonds. The number of hydrogen-bond acceptors (Lipinski definition) is 5. The third kappa shape index (κ3) is 4.68. The Kier molecular flexibility index (Phi) is 5.96. The first-order valence-corrected chi connectivity index (χ1v) is 9.76. The summed E-state index contributed by atoms with van der Waals surface area (Å²) < 4.78 is 0. The lowest BCUT2D eigenvalue weighted by atomic mass is 9.96. The summed E-state index contributed by atoms with van der Waals surface area (Å²) in [5.41, 5.74) is 18.2. The second kappa shape index (κ2) is 8.41. The van der Waals surface area contributed by atoms with Crippen LogP contribution in [-0.4, -0.2) is 35.8 Å². The molecule has 28 heavy (non-hydrogen) atoms. The zero-order chi connectivity index (χ0) is 20.3. The summed E-state index contributed by atoms with van der Waals surface area (Å²) in [6.07, 6.45) is 1.60. The van der Waals surface area contributed by atoms with Crippen molar-refractivity contribution >= 4 is 34.2 Å². The Hall–Kier alpha value is -2.91. The van der Waals surface area contributed by atoms with Crippen LogP contribution in [0.5, 0.6) is 0 Å². The number of urea groups is 1. The predicted octanol–water partition coefficient (Wildman–Crippen LogP) is 1.70. The zero-order valence-corrected chi connectivity index (χ0v) is 16.1. The van der Waals surface area contributed by atoms with E-state index in [4.69, 9.17) is 17.2 Å². The number of carbonyl (C=O) groups is 3. The van der Waals surface area contributed by atoms with Crippen LogP contribution in [0.4, 0.5) is 9.80 Å². The van der Waals surface area contributed by atoms with Crippen LogP contribution in [0.15, 0.2) is 30.3 Å². The molecule has 148 valence electrons. The van der Waals surface area contributed by atoms with Crippen LogP contribution in [-0.2, 0) is 11.3 Å². The van der Waals surface area contributed by atoms with Crippen molar-refractivity contribution < 1.29 is 14.4 Å². The Morgan fingerprint density at radius 1 is 1.07 bits per heavy atom. The number of benzene rings is 1. The van der Waals surface area contributed by atoms with E-state index in [1.807, 2.05) is 24.3 Å². The Balaban J connectivity index is 1.68. The summed E-state index contributed by atoms with van der Waals surface area (Å²) in [5.74, 6) is -0.845. The fourth-order valence-electron chi connectivity index (χ4n) is 3.33. The molecule has 1 aliphatic rings. The van der Waals surface area contributed by atoms with E-state index in [2.05, 4.69) is 10.2 Å². The number of hydrogen-bond donors (Lipinski definition) is 4. The number of nitrogens with zero attached hydrogens (tertiary/aromatic N) is 1. The third-order valence-electron chi connectivity index (χ3n) is 4.87. The fraction of sp³-hybridized carbons (Fsp3) is 0.316. The molecule has 0 radical (unpaired) electrons. The molecule has 0 saturated carbocycles. The average molecular weight is 401 g/mol. The summed E-state index contributed by atoms with van der Waals surface area (Å²) in [6.45, 7) is 2.51. The van der Waals surface area contributed by atoms with Gasteiger partial charge in [-0.1, -0.05) is 24.3 Å². The number of primary amides is 3. The third-order valence-corrected chi connectivity index (χ3v) is 5.97. The van der Waals surface area contributed by atoms with Crippen molar-refractivity contribution in [2.24, 2.45) is 23.1 Å². The smallest absolute Gasteiger partial charge is 0.317 e. The van der Waals surface area contributed by atoms with Crippen molar-refractivity contribution in [1.82, 2.24) is 4.90 Å². The molecule has 0 bridgehead atoms. The van der Waals surface area contributed by atoms with Gasteiger partial charge in [-0.25, -0.2) is 4.79 Å². The normalized spacial score (nSPS) is 15.3. The summed E-state index contributed by atoms with van der Waals surface area (Å²) in [4.78, 5) is 37.1. The maximum atomic E-state index is 11.6. The van der Waals surface area contributed by atoms with Gasteiger partial charge in [-0.15, -0.1) is 11.3 Å². The van der Waals surface area contributed by atoms with Crippen LogP contribution >= 0.6 is 11.3 Å². The largest absolute Gasteiger partial charge is 0.369 e. The highest BCUT2D eigenvalue weighted by molar-refractivity contribution is 7.20. The SMILES string of the molecule is NC(=O)Nc1sc(-c2ccc(CN3CCC(C(N)=O)CC3)cc2)cc1C(N)=O. The van der Waals surface area contributed by atoms with Crippen LogP contribution in [0.1, 0.15) is 28.8 Å². The standard InChI is InChI=1S/C19H23N5O3S/c20-16(25)13-5-7-24(8-6-13)10-11-1-3-12(4-2-11)15-9-14(17(21)26)18(28-15)23-19(22)27/h1-4,9,13H,5-8,10H2,(H2,20,25)(H2,21,26)(H3,22,23,27). The molecule has 1 aliphatic heterocycles. The lowest BCUT2D eigenvalue weighted by Gasteiger charge is -2.30. The number of rotatable bonds is 6. The van der Waals surface area contributed by atoms with E-state index in [9.17, 15) is 14.4 Å². The minimum Gasteiger partial charge on any atom is -0.369 e. The summed E-state index contributed by atoms with van der Waals surface area (Å²) in [6, 6.07) is 8.90. The van der Waals surface area contributed by atoms with Gasteiger partial charge in [-0.05, 0) is 43.1 Å². The first kappa shape index (κ1) is 19.8. The summed E-state index contributed by atoms with van der Waals surface area (Å²) in [5, 5.41) is 2.78. The average Bonchev–Trinajstić information content (AvgIpc) is 3.06. The van der Waals surface area contributed by atoms with Crippen LogP contribution in [0.3, 0.4) is 0 Å². The molecule has 3 rings (SSSR count). The van der Waals surface area contributed by atoms with E-state index in [0.29, 0.717) is 5.00 Å². The maximum Gasteiger partial charge on any atom is 0.317 e. The molecular formula is C19H23N5O3S. The second-order valence-corrected chi connectivity index (χ2v) is 7.91. The first-order chi connectivity index (χ1) is 13.3. The van der Waals surface area contributed by atoms with Crippen LogP contribution < -0.4 is 22.5 Å². The number of thiophene rings is 1. The number of anilines is 1. The molecule has 0 aliphatic carbocycles. The van der Waals surface area contributed by atoms with E-state index >= 15 is 0 Å². The zero-order valence-electron chi connectivity index (χ0n) is 15.3. The van der Waals surface area contributed by atoms with Crippen molar-refractivity contribution in [1.29, 1.82) is 0 Å². The van der Waals surface area contributed by atoms with Gasteiger partial charge in [0.15, 0.2) is 0 Å². The van der Waals surface area contributed by atoms with Crippen molar-refractivity contribution in [2.75, 3.05) is 18.4 Å². The van der Waals surface area contributed by atoms with Crippen molar-refractivity contribution in [3.05, 3.63) is 41.5 Å². The topological polar surface area (TPSA) is 145 Å². The Labute approximate surface area is 166 Å². The number of nitrogens with two attached hydrogens (primary N) is 3. The molecule has 2 aromatic rings. The van der Waals surface area contributed by atoms with Gasteiger partial charge in [0.2, 0.25) is 5.91 Å². The Morgan fingerprint density at radius 3 is 2.25 bits per heavy atom. The highest BCUT2D eigenvalue weighted by Gasteiger charge is 2.23. The van der Waals surface area contributed by atoms with Gasteiger partial charge < -0.3 is 17.2 Å². The molecule has 1 fully saturated rings. The summed E-state index contributed by atoms with van der Waals surface area (Å²) in [7, 11) is 0. The van der Waals surface area contributed by atoms with Crippen LogP contribution in [0, 0.1) is 5.92 Å². The van der Waals surface area contributed by atoms with Gasteiger partial charge in [-0.2, -0.15) is 0 Å². The number of likely N-dealkylation sites (tertiary alicyclic amines) is 1. The predicted molar refractivity (Wildman–Crippen MR) is 109 cm³/mol. The summed E-state index contributed by atoms with van der Waals surface area (Å²) >= 11 is 1.25. The van der Waals surface area contributed by atoms with Crippen LogP contribution in [0.2, 0.25) is 0 Å². The Bertz CT molecular complexity index is 885. The minimum absolute atomic E-state index is 0.0138. The van der Waals surface area contributed by atoms with Crippen molar-refractivity contribution in [3.63, 3.8) is 0 Å². The molecule has 2 heterocycles. The lowest BCUT2D eigenvalue weighted by molar-refractivity contribution is -0.123. The van der Waals surface area contributed by atoms with E-state index in [1.54, 1.807) is 6.07 Å². The number of carbonyl (C=O) groups excluding carboxylic acids is 3. The molecular weight excluding hydrogens is 378 g/mol. The van der Waals surface area contributed by atoms with E-state index < -0.39 is 11.9 Å². The molecule has 1 aromatic heterocycles. The van der Waals surface area contributed by atoms with Crippen molar-refractivity contribution in [2.45, 2.75) is 19.4 Å². The maximum absolute atomic E-state index is 11.6. The fourth-order valence-corrected chi connectivity index (χ4v) is 4.40. The van der Waals surface area contributed by atoms with Gasteiger partial charge in [-0.3, -0.25) is 19.8 Å².